The van der Waals surface area contributed by atoms with E-state index in [1.165, 1.54) is 0 Å². The summed E-state index contributed by atoms with van der Waals surface area (Å²) >= 11 is 0. The SMILES string of the molecule is CCNC(=NCc1ccnc(N2CCN(C)CC2)c1)NCC(=O)N(C)C. The van der Waals surface area contributed by atoms with Crippen LogP contribution in [0.1, 0.15) is 12.5 Å². The molecule has 2 N–H and O–H groups in total. The largest absolute Gasteiger partial charge is 0.357 e. The average Bonchev–Trinajstić information content (AvgIpc) is 2.64. The zero-order chi connectivity index (χ0) is 18.9. The van der Waals surface area contributed by atoms with Crippen LogP contribution in [-0.2, 0) is 11.3 Å². The monoisotopic (exact) mass is 361 g/mol. The molecule has 0 atom stereocenters. The van der Waals surface area contributed by atoms with Crippen molar-refractivity contribution in [3.8, 4) is 0 Å². The number of pyridine rings is 1. The van der Waals surface area contributed by atoms with Gasteiger partial charge >= 0.3 is 0 Å². The molecule has 0 aliphatic carbocycles. The van der Waals surface area contributed by atoms with Crippen molar-refractivity contribution in [2.45, 2.75) is 13.5 Å². The van der Waals surface area contributed by atoms with E-state index in [1.807, 2.05) is 19.2 Å². The summed E-state index contributed by atoms with van der Waals surface area (Å²) in [6.45, 7) is 7.60. The Kier molecular flexibility index (Phi) is 7.65. The number of hydrogen-bond donors (Lipinski definition) is 2. The Hall–Kier alpha value is -2.35. The molecule has 8 heteroatoms. The quantitative estimate of drug-likeness (QED) is 0.548. The molecule has 26 heavy (non-hydrogen) atoms. The Bertz CT molecular complexity index is 609. The predicted molar refractivity (Wildman–Crippen MR) is 105 cm³/mol. The standard InChI is InChI=1S/C18H31N7O/c1-5-19-18(22-14-17(26)23(2)3)21-13-15-6-7-20-16(12-15)25-10-8-24(4)9-11-25/h6-7,12H,5,8-11,13-14H2,1-4H3,(H2,19,21,22). The minimum Gasteiger partial charge on any atom is -0.357 e. The molecule has 1 aromatic heterocycles. The van der Waals surface area contributed by atoms with Gasteiger partial charge in [0.15, 0.2) is 5.96 Å². The molecule has 8 nitrogen and oxygen atoms in total. The summed E-state index contributed by atoms with van der Waals surface area (Å²) < 4.78 is 0. The van der Waals surface area contributed by atoms with Crippen LogP contribution in [0, 0.1) is 0 Å². The highest BCUT2D eigenvalue weighted by Crippen LogP contribution is 2.15. The number of likely N-dealkylation sites (N-methyl/N-ethyl adjacent to an activating group) is 2. The zero-order valence-electron chi connectivity index (χ0n) is 16.3. The molecule has 1 saturated heterocycles. The number of nitrogens with one attached hydrogen (secondary N) is 2. The summed E-state index contributed by atoms with van der Waals surface area (Å²) in [6.07, 6.45) is 1.84. The number of hydrogen-bond acceptors (Lipinski definition) is 5. The molecule has 144 valence electrons. The molecule has 0 aromatic carbocycles. The maximum Gasteiger partial charge on any atom is 0.241 e. The molecule has 1 aliphatic rings. The van der Waals surface area contributed by atoms with Crippen molar-refractivity contribution in [2.75, 3.05) is 65.3 Å². The second-order valence-corrected chi connectivity index (χ2v) is 6.65. The van der Waals surface area contributed by atoms with Crippen molar-refractivity contribution < 1.29 is 4.79 Å². The Morgan fingerprint density at radius 1 is 1.27 bits per heavy atom. The highest BCUT2D eigenvalue weighted by atomic mass is 16.2. The molecular weight excluding hydrogens is 330 g/mol. The van der Waals surface area contributed by atoms with Gasteiger partial charge in [0.25, 0.3) is 0 Å². The van der Waals surface area contributed by atoms with E-state index in [4.69, 9.17) is 0 Å². The first-order valence-corrected chi connectivity index (χ1v) is 9.10. The number of rotatable bonds is 6. The van der Waals surface area contributed by atoms with Crippen molar-refractivity contribution >= 4 is 17.7 Å². The molecule has 2 heterocycles. The van der Waals surface area contributed by atoms with Crippen LogP contribution in [0.2, 0.25) is 0 Å². The van der Waals surface area contributed by atoms with Gasteiger partial charge in [-0.25, -0.2) is 9.98 Å². The van der Waals surface area contributed by atoms with Crippen molar-refractivity contribution in [2.24, 2.45) is 4.99 Å². The summed E-state index contributed by atoms with van der Waals surface area (Å²) in [5, 5.41) is 6.24. The van der Waals surface area contributed by atoms with Gasteiger partial charge in [-0.1, -0.05) is 0 Å². The topological polar surface area (TPSA) is 76.1 Å². The molecule has 1 aromatic rings. The van der Waals surface area contributed by atoms with Crippen LogP contribution in [0.4, 0.5) is 5.82 Å². The fraction of sp³-hybridized carbons (Fsp3) is 0.611. The number of anilines is 1. The van der Waals surface area contributed by atoms with Crippen molar-refractivity contribution in [3.63, 3.8) is 0 Å². The first-order chi connectivity index (χ1) is 12.5. The highest BCUT2D eigenvalue weighted by molar-refractivity contribution is 5.86. The maximum atomic E-state index is 11.7. The van der Waals surface area contributed by atoms with E-state index < -0.39 is 0 Å². The Balaban J connectivity index is 1.97. The number of carbonyl (C=O) groups excluding carboxylic acids is 1. The fourth-order valence-electron chi connectivity index (χ4n) is 2.60. The van der Waals surface area contributed by atoms with Crippen LogP contribution in [0.3, 0.4) is 0 Å². The fourth-order valence-corrected chi connectivity index (χ4v) is 2.60. The van der Waals surface area contributed by atoms with E-state index in [-0.39, 0.29) is 12.5 Å². The van der Waals surface area contributed by atoms with Crippen LogP contribution in [-0.4, -0.2) is 87.1 Å². The number of carbonyl (C=O) groups is 1. The van der Waals surface area contributed by atoms with Crippen LogP contribution in [0.25, 0.3) is 0 Å². The van der Waals surface area contributed by atoms with Crippen LogP contribution < -0.4 is 15.5 Å². The predicted octanol–water partition coefficient (Wildman–Crippen LogP) is -0.0233. The van der Waals surface area contributed by atoms with Gasteiger partial charge in [0, 0.05) is 53.0 Å². The average molecular weight is 361 g/mol. The number of aromatic nitrogens is 1. The minimum absolute atomic E-state index is 0.0110. The molecule has 1 aliphatic heterocycles. The van der Waals surface area contributed by atoms with Gasteiger partial charge < -0.3 is 25.3 Å². The molecule has 0 saturated carbocycles. The van der Waals surface area contributed by atoms with Crippen molar-refractivity contribution in [1.82, 2.24) is 25.4 Å². The number of guanidine groups is 1. The minimum atomic E-state index is 0.0110. The second kappa shape index (κ2) is 9.96. The lowest BCUT2D eigenvalue weighted by Crippen LogP contribution is -2.44. The van der Waals surface area contributed by atoms with Crippen LogP contribution >= 0.6 is 0 Å². The lowest BCUT2D eigenvalue weighted by molar-refractivity contribution is -0.127. The van der Waals surface area contributed by atoms with Gasteiger partial charge in [-0.2, -0.15) is 0 Å². The van der Waals surface area contributed by atoms with Crippen LogP contribution in [0.15, 0.2) is 23.3 Å². The third-order valence-electron chi connectivity index (χ3n) is 4.31. The first kappa shape index (κ1) is 20.0. The van der Waals surface area contributed by atoms with Gasteiger partial charge in [0.05, 0.1) is 13.1 Å². The van der Waals surface area contributed by atoms with Gasteiger partial charge in [-0.3, -0.25) is 4.79 Å². The smallest absolute Gasteiger partial charge is 0.241 e. The zero-order valence-corrected chi connectivity index (χ0v) is 16.3. The van der Waals surface area contributed by atoms with Crippen molar-refractivity contribution in [3.05, 3.63) is 23.9 Å². The molecule has 2 rings (SSSR count). The van der Waals surface area contributed by atoms with E-state index in [1.54, 1.807) is 19.0 Å². The first-order valence-electron chi connectivity index (χ1n) is 9.10. The molecule has 0 bridgehead atoms. The second-order valence-electron chi connectivity index (χ2n) is 6.65. The molecule has 0 unspecified atom stereocenters. The highest BCUT2D eigenvalue weighted by Gasteiger charge is 2.15. The summed E-state index contributed by atoms with van der Waals surface area (Å²) in [4.78, 5) is 27.0. The molecule has 1 amide bonds. The Morgan fingerprint density at radius 2 is 2.00 bits per heavy atom. The Morgan fingerprint density at radius 3 is 2.65 bits per heavy atom. The number of aliphatic imine (C=N–C) groups is 1. The van der Waals surface area contributed by atoms with Gasteiger partial charge in [-0.05, 0) is 31.7 Å². The maximum absolute atomic E-state index is 11.7. The van der Waals surface area contributed by atoms with Gasteiger partial charge in [0.1, 0.15) is 5.82 Å². The Labute approximate surface area is 156 Å². The number of nitrogens with zero attached hydrogens (tertiary/aromatic N) is 5. The van der Waals surface area contributed by atoms with E-state index in [0.717, 1.165) is 44.1 Å². The molecule has 0 spiro atoms. The molecule has 0 radical (unpaired) electrons. The van der Waals surface area contributed by atoms with E-state index in [0.29, 0.717) is 12.5 Å². The van der Waals surface area contributed by atoms with Gasteiger partial charge in [-0.15, -0.1) is 0 Å². The third kappa shape index (κ3) is 6.18. The lowest BCUT2D eigenvalue weighted by atomic mass is 10.2. The summed E-state index contributed by atoms with van der Waals surface area (Å²) in [6, 6.07) is 4.08. The van der Waals surface area contributed by atoms with E-state index >= 15 is 0 Å². The third-order valence-corrected chi connectivity index (χ3v) is 4.31. The number of amides is 1. The normalized spacial score (nSPS) is 15.7. The lowest BCUT2D eigenvalue weighted by Gasteiger charge is -2.33. The summed E-state index contributed by atoms with van der Waals surface area (Å²) in [7, 11) is 5.63. The number of piperazine rings is 1. The summed E-state index contributed by atoms with van der Waals surface area (Å²) in [5.41, 5.74) is 1.10. The van der Waals surface area contributed by atoms with Gasteiger partial charge in [0.2, 0.25) is 5.91 Å². The molecular formula is C18H31N7O. The summed E-state index contributed by atoms with van der Waals surface area (Å²) in [5.74, 6) is 1.66. The van der Waals surface area contributed by atoms with Crippen LogP contribution in [0.5, 0.6) is 0 Å². The molecule has 1 fully saturated rings. The van der Waals surface area contributed by atoms with Crippen molar-refractivity contribution in [1.29, 1.82) is 0 Å². The van der Waals surface area contributed by atoms with E-state index in [2.05, 4.69) is 43.5 Å². The van der Waals surface area contributed by atoms with E-state index in [9.17, 15) is 4.79 Å².